The maximum Gasteiger partial charge on any atom is 0.233 e. The van der Waals surface area contributed by atoms with Gasteiger partial charge in [-0.05, 0) is 37.6 Å². The SMILES string of the molecule is CCCCC(CC)CNC(=O)CNCC1CC1. The molecule has 0 radical (unpaired) electrons. The smallest absolute Gasteiger partial charge is 0.233 e. The molecule has 0 aromatic carbocycles. The lowest BCUT2D eigenvalue weighted by Gasteiger charge is -2.15. The van der Waals surface area contributed by atoms with Crippen LogP contribution in [0.15, 0.2) is 0 Å². The maximum atomic E-state index is 11.6. The molecule has 2 N–H and O–H groups in total. The molecule has 17 heavy (non-hydrogen) atoms. The summed E-state index contributed by atoms with van der Waals surface area (Å²) in [4.78, 5) is 11.6. The molecule has 1 aliphatic carbocycles. The van der Waals surface area contributed by atoms with Crippen LogP contribution in [0.25, 0.3) is 0 Å². The van der Waals surface area contributed by atoms with E-state index in [9.17, 15) is 4.79 Å². The average Bonchev–Trinajstić information content (AvgIpc) is 3.13. The van der Waals surface area contributed by atoms with Crippen molar-refractivity contribution in [2.75, 3.05) is 19.6 Å². The quantitative estimate of drug-likeness (QED) is 0.615. The second kappa shape index (κ2) is 8.51. The second-order valence-corrected chi connectivity index (χ2v) is 5.29. The topological polar surface area (TPSA) is 41.1 Å². The molecule has 3 nitrogen and oxygen atoms in total. The van der Waals surface area contributed by atoms with Gasteiger partial charge < -0.3 is 10.6 Å². The third kappa shape index (κ3) is 7.37. The summed E-state index contributed by atoms with van der Waals surface area (Å²) in [5.74, 6) is 1.65. The number of hydrogen-bond donors (Lipinski definition) is 2. The van der Waals surface area contributed by atoms with Crippen LogP contribution in [0.2, 0.25) is 0 Å². The highest BCUT2D eigenvalue weighted by Gasteiger charge is 2.20. The average molecular weight is 240 g/mol. The number of carbonyl (C=O) groups excluding carboxylic acids is 1. The predicted octanol–water partition coefficient (Wildman–Crippen LogP) is 2.32. The summed E-state index contributed by atoms with van der Waals surface area (Å²) in [6, 6.07) is 0. The molecule has 1 aliphatic rings. The van der Waals surface area contributed by atoms with Crippen LogP contribution in [0.3, 0.4) is 0 Å². The molecule has 1 amide bonds. The first-order chi connectivity index (χ1) is 8.26. The Hall–Kier alpha value is -0.570. The number of carbonyl (C=O) groups is 1. The summed E-state index contributed by atoms with van der Waals surface area (Å²) in [5.41, 5.74) is 0. The van der Waals surface area contributed by atoms with Crippen molar-refractivity contribution in [1.29, 1.82) is 0 Å². The van der Waals surface area contributed by atoms with Crippen LogP contribution in [0.1, 0.15) is 52.4 Å². The molecule has 0 saturated heterocycles. The summed E-state index contributed by atoms with van der Waals surface area (Å²) in [6.45, 7) is 6.77. The van der Waals surface area contributed by atoms with Gasteiger partial charge in [-0.15, -0.1) is 0 Å². The predicted molar refractivity (Wildman–Crippen MR) is 71.9 cm³/mol. The van der Waals surface area contributed by atoms with E-state index in [0.717, 1.165) is 25.4 Å². The van der Waals surface area contributed by atoms with Crippen LogP contribution in [0, 0.1) is 11.8 Å². The Morgan fingerprint density at radius 1 is 1.35 bits per heavy atom. The summed E-state index contributed by atoms with van der Waals surface area (Å²) >= 11 is 0. The van der Waals surface area contributed by atoms with Gasteiger partial charge in [0.15, 0.2) is 0 Å². The highest BCUT2D eigenvalue weighted by atomic mass is 16.1. The van der Waals surface area contributed by atoms with Gasteiger partial charge in [-0.2, -0.15) is 0 Å². The number of rotatable bonds is 10. The van der Waals surface area contributed by atoms with Gasteiger partial charge in [0.05, 0.1) is 6.54 Å². The maximum absolute atomic E-state index is 11.6. The van der Waals surface area contributed by atoms with Gasteiger partial charge in [0.25, 0.3) is 0 Å². The third-order valence-corrected chi connectivity index (χ3v) is 3.55. The van der Waals surface area contributed by atoms with E-state index < -0.39 is 0 Å². The minimum atomic E-state index is 0.153. The van der Waals surface area contributed by atoms with Crippen LogP contribution >= 0.6 is 0 Å². The molecule has 1 atom stereocenters. The molecule has 0 spiro atoms. The molecular weight excluding hydrogens is 212 g/mol. The van der Waals surface area contributed by atoms with Gasteiger partial charge in [0, 0.05) is 6.54 Å². The monoisotopic (exact) mass is 240 g/mol. The Morgan fingerprint density at radius 2 is 2.12 bits per heavy atom. The lowest BCUT2D eigenvalue weighted by atomic mass is 9.99. The van der Waals surface area contributed by atoms with Gasteiger partial charge in [0.2, 0.25) is 5.91 Å². The van der Waals surface area contributed by atoms with E-state index in [4.69, 9.17) is 0 Å². The summed E-state index contributed by atoms with van der Waals surface area (Å²) in [5, 5.41) is 6.26. The van der Waals surface area contributed by atoms with Gasteiger partial charge in [-0.25, -0.2) is 0 Å². The molecule has 0 bridgehead atoms. The van der Waals surface area contributed by atoms with E-state index in [1.807, 2.05) is 0 Å². The molecule has 0 heterocycles. The fraction of sp³-hybridized carbons (Fsp3) is 0.929. The Balaban J connectivity index is 1.99. The highest BCUT2D eigenvalue weighted by Crippen LogP contribution is 2.27. The fourth-order valence-electron chi connectivity index (χ4n) is 1.98. The lowest BCUT2D eigenvalue weighted by Crippen LogP contribution is -2.37. The first-order valence-corrected chi connectivity index (χ1v) is 7.23. The van der Waals surface area contributed by atoms with E-state index in [1.54, 1.807) is 0 Å². The van der Waals surface area contributed by atoms with Crippen LogP contribution in [0.5, 0.6) is 0 Å². The molecule has 1 saturated carbocycles. The van der Waals surface area contributed by atoms with Crippen LogP contribution in [-0.4, -0.2) is 25.5 Å². The van der Waals surface area contributed by atoms with Crippen molar-refractivity contribution in [3.05, 3.63) is 0 Å². The van der Waals surface area contributed by atoms with Crippen molar-refractivity contribution < 1.29 is 4.79 Å². The van der Waals surface area contributed by atoms with Crippen molar-refractivity contribution in [2.24, 2.45) is 11.8 Å². The lowest BCUT2D eigenvalue weighted by molar-refractivity contribution is -0.120. The Bertz CT molecular complexity index is 214. The number of amides is 1. The Labute approximate surface area is 106 Å². The minimum absolute atomic E-state index is 0.153. The third-order valence-electron chi connectivity index (χ3n) is 3.55. The summed E-state index contributed by atoms with van der Waals surface area (Å²) in [7, 11) is 0. The van der Waals surface area contributed by atoms with E-state index >= 15 is 0 Å². The molecule has 0 aliphatic heterocycles. The zero-order valence-corrected chi connectivity index (χ0v) is 11.4. The van der Waals surface area contributed by atoms with Gasteiger partial charge in [-0.1, -0.05) is 33.1 Å². The first-order valence-electron chi connectivity index (χ1n) is 7.23. The summed E-state index contributed by atoms with van der Waals surface area (Å²) in [6.07, 6.45) is 7.59. The molecule has 1 rings (SSSR count). The molecular formula is C14H28N2O. The van der Waals surface area contributed by atoms with E-state index in [2.05, 4.69) is 24.5 Å². The fourth-order valence-corrected chi connectivity index (χ4v) is 1.98. The largest absolute Gasteiger partial charge is 0.355 e. The molecule has 3 heteroatoms. The van der Waals surface area contributed by atoms with Gasteiger partial charge >= 0.3 is 0 Å². The number of hydrogen-bond acceptors (Lipinski definition) is 2. The zero-order chi connectivity index (χ0) is 12.5. The second-order valence-electron chi connectivity index (χ2n) is 5.29. The summed E-state index contributed by atoms with van der Waals surface area (Å²) < 4.78 is 0. The van der Waals surface area contributed by atoms with E-state index in [0.29, 0.717) is 12.5 Å². The highest BCUT2D eigenvalue weighted by molar-refractivity contribution is 5.77. The van der Waals surface area contributed by atoms with Gasteiger partial charge in [-0.3, -0.25) is 4.79 Å². The zero-order valence-electron chi connectivity index (χ0n) is 11.4. The van der Waals surface area contributed by atoms with Crippen LogP contribution in [0.4, 0.5) is 0 Å². The van der Waals surface area contributed by atoms with E-state index in [-0.39, 0.29) is 5.91 Å². The van der Waals surface area contributed by atoms with Crippen molar-refractivity contribution in [3.63, 3.8) is 0 Å². The van der Waals surface area contributed by atoms with Crippen LogP contribution in [-0.2, 0) is 4.79 Å². The van der Waals surface area contributed by atoms with Crippen molar-refractivity contribution in [2.45, 2.75) is 52.4 Å². The van der Waals surface area contributed by atoms with Gasteiger partial charge in [0.1, 0.15) is 0 Å². The van der Waals surface area contributed by atoms with Crippen molar-refractivity contribution in [3.8, 4) is 0 Å². The number of nitrogens with one attached hydrogen (secondary N) is 2. The number of unbranched alkanes of at least 4 members (excludes halogenated alkanes) is 1. The molecule has 0 aromatic heterocycles. The normalized spacial score (nSPS) is 16.8. The minimum Gasteiger partial charge on any atom is -0.355 e. The van der Waals surface area contributed by atoms with E-state index in [1.165, 1.54) is 32.1 Å². The Morgan fingerprint density at radius 3 is 2.71 bits per heavy atom. The molecule has 100 valence electrons. The molecule has 1 unspecified atom stereocenters. The molecule has 0 aromatic rings. The first kappa shape index (κ1) is 14.5. The standard InChI is InChI=1S/C14H28N2O/c1-3-5-6-12(4-2)10-16-14(17)11-15-9-13-7-8-13/h12-13,15H,3-11H2,1-2H3,(H,16,17). The Kier molecular flexibility index (Phi) is 7.25. The van der Waals surface area contributed by atoms with Crippen molar-refractivity contribution in [1.82, 2.24) is 10.6 Å². The van der Waals surface area contributed by atoms with Crippen molar-refractivity contribution >= 4 is 5.91 Å². The molecule has 1 fully saturated rings. The van der Waals surface area contributed by atoms with Crippen LogP contribution < -0.4 is 10.6 Å².